The van der Waals surface area contributed by atoms with Crippen LogP contribution in [-0.4, -0.2) is 17.0 Å². The van der Waals surface area contributed by atoms with Crippen molar-refractivity contribution in [1.82, 2.24) is 0 Å². The zero-order chi connectivity index (χ0) is 24.5. The summed E-state index contributed by atoms with van der Waals surface area (Å²) in [6, 6.07) is 20.9. The molecule has 0 radical (unpaired) electrons. The molecule has 0 bridgehead atoms. The first-order chi connectivity index (χ1) is 16.4. The van der Waals surface area contributed by atoms with Gasteiger partial charge in [0.25, 0.3) is 5.91 Å². The van der Waals surface area contributed by atoms with Crippen LogP contribution in [0.1, 0.15) is 27.0 Å². The van der Waals surface area contributed by atoms with Crippen LogP contribution in [0.2, 0.25) is 0 Å². The molecule has 0 aliphatic heterocycles. The molecule has 0 saturated carbocycles. The van der Waals surface area contributed by atoms with E-state index in [2.05, 4.69) is 27.8 Å². The number of benzene rings is 3. The SMILES string of the molecule is C=CCc1cc(/C=C(/C#N)C(=O)Nc2cccc(Br)c2)ccc1OCc1ccc(C(=O)O)cc1. The van der Waals surface area contributed by atoms with Crippen molar-refractivity contribution in [3.8, 4) is 11.8 Å². The van der Waals surface area contributed by atoms with Crippen LogP contribution in [0, 0.1) is 11.3 Å². The monoisotopic (exact) mass is 516 g/mol. The molecule has 6 nitrogen and oxygen atoms in total. The number of carboxylic acid groups (broad SMARTS) is 1. The fourth-order valence-electron chi connectivity index (χ4n) is 3.13. The summed E-state index contributed by atoms with van der Waals surface area (Å²) in [7, 11) is 0. The zero-order valence-electron chi connectivity index (χ0n) is 18.1. The van der Waals surface area contributed by atoms with Crippen molar-refractivity contribution in [3.63, 3.8) is 0 Å². The van der Waals surface area contributed by atoms with Crippen LogP contribution < -0.4 is 10.1 Å². The first kappa shape index (κ1) is 24.5. The molecule has 0 aliphatic carbocycles. The summed E-state index contributed by atoms with van der Waals surface area (Å²) in [6.45, 7) is 4.05. The van der Waals surface area contributed by atoms with Crippen molar-refractivity contribution in [2.75, 3.05) is 5.32 Å². The molecule has 170 valence electrons. The third-order valence-electron chi connectivity index (χ3n) is 4.80. The molecule has 0 unspecified atom stereocenters. The van der Waals surface area contributed by atoms with Crippen LogP contribution >= 0.6 is 15.9 Å². The summed E-state index contributed by atoms with van der Waals surface area (Å²) < 4.78 is 6.75. The van der Waals surface area contributed by atoms with Gasteiger partial charge in [-0.2, -0.15) is 5.26 Å². The lowest BCUT2D eigenvalue weighted by Gasteiger charge is -2.12. The molecule has 3 aromatic carbocycles. The Kier molecular flexibility index (Phi) is 8.38. The number of nitriles is 1. The van der Waals surface area contributed by atoms with Crippen LogP contribution in [0.5, 0.6) is 5.75 Å². The Morgan fingerprint density at radius 1 is 1.12 bits per heavy atom. The summed E-state index contributed by atoms with van der Waals surface area (Å²) in [5, 5.41) is 21.2. The third kappa shape index (κ3) is 6.67. The zero-order valence-corrected chi connectivity index (χ0v) is 19.7. The lowest BCUT2D eigenvalue weighted by Crippen LogP contribution is -2.13. The van der Waals surface area contributed by atoms with E-state index >= 15 is 0 Å². The van der Waals surface area contributed by atoms with Crippen molar-refractivity contribution in [2.45, 2.75) is 13.0 Å². The average Bonchev–Trinajstić information content (AvgIpc) is 2.82. The predicted molar refractivity (Wildman–Crippen MR) is 134 cm³/mol. The largest absolute Gasteiger partial charge is 0.489 e. The van der Waals surface area contributed by atoms with Crippen molar-refractivity contribution >= 4 is 39.6 Å². The van der Waals surface area contributed by atoms with E-state index in [0.717, 1.165) is 15.6 Å². The van der Waals surface area contributed by atoms with E-state index in [4.69, 9.17) is 9.84 Å². The highest BCUT2D eigenvalue weighted by molar-refractivity contribution is 9.10. The first-order valence-corrected chi connectivity index (χ1v) is 11.1. The maximum absolute atomic E-state index is 12.6. The third-order valence-corrected chi connectivity index (χ3v) is 5.30. The van der Waals surface area contributed by atoms with Gasteiger partial charge in [-0.15, -0.1) is 6.58 Å². The standard InChI is InChI=1S/C27H21BrN2O4/c1-2-4-21-13-19(14-22(16-29)26(31)30-24-6-3-5-23(28)15-24)9-12-25(21)34-17-18-7-10-20(11-8-18)27(32)33/h2-3,5-15H,1,4,17H2,(H,30,31)(H,32,33)/b22-14-. The number of anilines is 1. The lowest BCUT2D eigenvalue weighted by molar-refractivity contribution is -0.112. The summed E-state index contributed by atoms with van der Waals surface area (Å²) in [4.78, 5) is 23.6. The number of carbonyl (C=O) groups excluding carboxylic acids is 1. The first-order valence-electron chi connectivity index (χ1n) is 10.3. The van der Waals surface area contributed by atoms with E-state index in [0.29, 0.717) is 23.4 Å². The average molecular weight is 517 g/mol. The number of halogens is 1. The minimum atomic E-state index is -0.980. The van der Waals surface area contributed by atoms with E-state index < -0.39 is 11.9 Å². The number of amides is 1. The van der Waals surface area contributed by atoms with Gasteiger partial charge in [-0.1, -0.05) is 46.3 Å². The second-order valence-electron chi connectivity index (χ2n) is 7.28. The molecule has 0 aliphatic rings. The van der Waals surface area contributed by atoms with Gasteiger partial charge in [-0.25, -0.2) is 4.79 Å². The number of hydrogen-bond donors (Lipinski definition) is 2. The Hall–Kier alpha value is -4.15. The summed E-state index contributed by atoms with van der Waals surface area (Å²) in [6.07, 6.45) is 3.79. The fourth-order valence-corrected chi connectivity index (χ4v) is 3.53. The number of carbonyl (C=O) groups is 2. The Bertz CT molecular complexity index is 1290. The van der Waals surface area contributed by atoms with Crippen molar-refractivity contribution in [2.24, 2.45) is 0 Å². The van der Waals surface area contributed by atoms with Crippen LogP contribution in [0.3, 0.4) is 0 Å². The van der Waals surface area contributed by atoms with E-state index in [9.17, 15) is 14.9 Å². The van der Waals surface area contributed by atoms with Gasteiger partial charge in [0.05, 0.1) is 5.56 Å². The number of allylic oxidation sites excluding steroid dienone is 1. The molecular weight excluding hydrogens is 496 g/mol. The highest BCUT2D eigenvalue weighted by atomic mass is 79.9. The number of carboxylic acids is 1. The van der Waals surface area contributed by atoms with Gasteiger partial charge in [0.2, 0.25) is 0 Å². The molecule has 7 heteroatoms. The van der Waals surface area contributed by atoms with Gasteiger partial charge in [0.15, 0.2) is 0 Å². The number of aromatic carboxylic acids is 1. The normalized spacial score (nSPS) is 10.8. The Morgan fingerprint density at radius 2 is 1.88 bits per heavy atom. The van der Waals surface area contributed by atoms with E-state index in [1.165, 1.54) is 18.2 Å². The lowest BCUT2D eigenvalue weighted by atomic mass is 10.0. The predicted octanol–water partition coefficient (Wildman–Crippen LogP) is 6.00. The number of hydrogen-bond acceptors (Lipinski definition) is 4. The highest BCUT2D eigenvalue weighted by Crippen LogP contribution is 2.24. The van der Waals surface area contributed by atoms with Gasteiger partial charge < -0.3 is 15.2 Å². The maximum Gasteiger partial charge on any atom is 0.335 e. The van der Waals surface area contributed by atoms with Gasteiger partial charge in [-0.05, 0) is 71.7 Å². The quantitative estimate of drug-likeness (QED) is 0.206. The maximum atomic E-state index is 12.6. The molecule has 2 N–H and O–H groups in total. The molecule has 0 heterocycles. The van der Waals surface area contributed by atoms with Gasteiger partial charge in [0.1, 0.15) is 24.0 Å². The smallest absolute Gasteiger partial charge is 0.335 e. The van der Waals surface area contributed by atoms with Gasteiger partial charge in [0, 0.05) is 10.2 Å². The number of rotatable bonds is 9. The summed E-state index contributed by atoms with van der Waals surface area (Å²) in [5.41, 5.74) is 3.11. The molecule has 0 atom stereocenters. The van der Waals surface area contributed by atoms with E-state index in [1.54, 1.807) is 48.5 Å². The highest BCUT2D eigenvalue weighted by Gasteiger charge is 2.11. The molecule has 1 amide bonds. The van der Waals surface area contributed by atoms with E-state index in [1.807, 2.05) is 18.2 Å². The fraction of sp³-hybridized carbons (Fsp3) is 0.0741. The van der Waals surface area contributed by atoms with Crippen molar-refractivity contribution in [1.29, 1.82) is 5.26 Å². The minimum absolute atomic E-state index is 0.0308. The molecule has 34 heavy (non-hydrogen) atoms. The Balaban J connectivity index is 1.76. The second-order valence-corrected chi connectivity index (χ2v) is 8.20. The van der Waals surface area contributed by atoms with E-state index in [-0.39, 0.29) is 17.7 Å². The number of nitrogens with zero attached hydrogens (tertiary/aromatic N) is 1. The van der Waals surface area contributed by atoms with Gasteiger partial charge >= 0.3 is 5.97 Å². The molecule has 0 fully saturated rings. The molecular formula is C27H21BrN2O4. The summed E-state index contributed by atoms with van der Waals surface area (Å²) in [5.74, 6) is -0.848. The molecule has 0 spiro atoms. The molecule has 3 aromatic rings. The van der Waals surface area contributed by atoms with Crippen LogP contribution in [0.25, 0.3) is 6.08 Å². The minimum Gasteiger partial charge on any atom is -0.489 e. The number of nitrogens with one attached hydrogen (secondary N) is 1. The van der Waals surface area contributed by atoms with Crippen LogP contribution in [0.4, 0.5) is 5.69 Å². The van der Waals surface area contributed by atoms with Crippen molar-refractivity contribution < 1.29 is 19.4 Å². The Morgan fingerprint density at radius 3 is 2.53 bits per heavy atom. The summed E-state index contributed by atoms with van der Waals surface area (Å²) >= 11 is 3.35. The molecule has 0 saturated heterocycles. The van der Waals surface area contributed by atoms with Crippen LogP contribution in [0.15, 0.2) is 89.4 Å². The Labute approximate surface area is 205 Å². The topological polar surface area (TPSA) is 99.4 Å². The van der Waals surface area contributed by atoms with Crippen LogP contribution in [-0.2, 0) is 17.8 Å². The van der Waals surface area contributed by atoms with Gasteiger partial charge in [-0.3, -0.25) is 4.79 Å². The number of ether oxygens (including phenoxy) is 1. The van der Waals surface area contributed by atoms with Crippen molar-refractivity contribution in [3.05, 3.63) is 112 Å². The molecule has 0 aromatic heterocycles. The second kappa shape index (κ2) is 11.6. The molecule has 3 rings (SSSR count).